The molecule has 0 saturated heterocycles. The van der Waals surface area contributed by atoms with Gasteiger partial charge in [0.1, 0.15) is 5.75 Å². The van der Waals surface area contributed by atoms with E-state index in [1.807, 2.05) is 38.1 Å². The van der Waals surface area contributed by atoms with Gasteiger partial charge in [0.25, 0.3) is 0 Å². The Morgan fingerprint density at radius 3 is 2.54 bits per heavy atom. The van der Waals surface area contributed by atoms with Crippen molar-refractivity contribution < 1.29 is 19.4 Å². The molecule has 5 heteroatoms. The summed E-state index contributed by atoms with van der Waals surface area (Å²) in [5, 5.41) is 11.7. The first kappa shape index (κ1) is 17.5. The lowest BCUT2D eigenvalue weighted by Crippen LogP contribution is -2.16. The Balaban J connectivity index is 2.05. The highest BCUT2D eigenvalue weighted by atomic mass is 16.5. The minimum Gasteiger partial charge on any atom is -0.491 e. The Hall–Kier alpha value is -2.82. The maximum atomic E-state index is 12.3. The van der Waals surface area contributed by atoms with Crippen molar-refractivity contribution in [3.05, 3.63) is 59.7 Å². The second kappa shape index (κ2) is 8.15. The summed E-state index contributed by atoms with van der Waals surface area (Å²) in [7, 11) is 0. The fourth-order valence-electron chi connectivity index (χ4n) is 2.34. The van der Waals surface area contributed by atoms with E-state index in [4.69, 9.17) is 9.84 Å². The highest BCUT2D eigenvalue weighted by Crippen LogP contribution is 2.18. The molecule has 0 aliphatic rings. The molecule has 2 aromatic rings. The van der Waals surface area contributed by atoms with Crippen molar-refractivity contribution >= 4 is 17.6 Å². The van der Waals surface area contributed by atoms with Crippen molar-refractivity contribution in [3.63, 3.8) is 0 Å². The van der Waals surface area contributed by atoms with Crippen LogP contribution in [0.15, 0.2) is 48.5 Å². The van der Waals surface area contributed by atoms with E-state index < -0.39 is 5.97 Å². The van der Waals surface area contributed by atoms with Crippen LogP contribution >= 0.6 is 0 Å². The first-order chi connectivity index (χ1) is 11.4. The summed E-state index contributed by atoms with van der Waals surface area (Å²) in [4.78, 5) is 23.2. The van der Waals surface area contributed by atoms with E-state index in [2.05, 4.69) is 5.32 Å². The van der Waals surface area contributed by atoms with Crippen LogP contribution in [0.25, 0.3) is 0 Å². The van der Waals surface area contributed by atoms with E-state index >= 15 is 0 Å². The molecule has 0 unspecified atom stereocenters. The van der Waals surface area contributed by atoms with Gasteiger partial charge in [-0.15, -0.1) is 0 Å². The first-order valence-electron chi connectivity index (χ1n) is 7.79. The number of carboxylic acid groups (broad SMARTS) is 1. The number of anilines is 1. The van der Waals surface area contributed by atoms with Crippen LogP contribution in [0.4, 0.5) is 5.69 Å². The van der Waals surface area contributed by atoms with Crippen molar-refractivity contribution in [3.8, 4) is 5.75 Å². The van der Waals surface area contributed by atoms with Crippen LogP contribution in [-0.4, -0.2) is 23.1 Å². The van der Waals surface area contributed by atoms with Crippen LogP contribution < -0.4 is 10.1 Å². The molecule has 0 aliphatic heterocycles. The molecule has 0 bridgehead atoms. The highest BCUT2D eigenvalue weighted by molar-refractivity contribution is 5.93. The van der Waals surface area contributed by atoms with Crippen LogP contribution in [0.1, 0.15) is 25.0 Å². The summed E-state index contributed by atoms with van der Waals surface area (Å²) in [5.74, 6) is -0.411. The lowest BCUT2D eigenvalue weighted by atomic mass is 10.1. The van der Waals surface area contributed by atoms with E-state index in [1.165, 1.54) is 0 Å². The van der Waals surface area contributed by atoms with Gasteiger partial charge in [0.2, 0.25) is 5.91 Å². The zero-order valence-electron chi connectivity index (χ0n) is 13.8. The fraction of sp³-hybridized carbons (Fsp3) is 0.263. The summed E-state index contributed by atoms with van der Waals surface area (Å²) in [5.41, 5.74) is 1.94. The Labute approximate surface area is 141 Å². The minimum absolute atomic E-state index is 0.0666. The molecule has 126 valence electrons. The quantitative estimate of drug-likeness (QED) is 0.818. The third-order valence-electron chi connectivity index (χ3n) is 3.27. The first-order valence-corrected chi connectivity index (χ1v) is 7.79. The van der Waals surface area contributed by atoms with Gasteiger partial charge in [0.05, 0.1) is 18.9 Å². The van der Waals surface area contributed by atoms with E-state index in [0.717, 1.165) is 11.3 Å². The number of carbonyl (C=O) groups excluding carboxylic acids is 1. The summed E-state index contributed by atoms with van der Waals surface area (Å²) >= 11 is 0. The van der Waals surface area contributed by atoms with Gasteiger partial charge in [-0.05, 0) is 43.2 Å². The van der Waals surface area contributed by atoms with Gasteiger partial charge in [-0.2, -0.15) is 0 Å². The van der Waals surface area contributed by atoms with E-state index in [9.17, 15) is 9.59 Å². The van der Waals surface area contributed by atoms with Crippen LogP contribution in [0.5, 0.6) is 5.75 Å². The van der Waals surface area contributed by atoms with Crippen molar-refractivity contribution in [2.75, 3.05) is 5.32 Å². The molecule has 24 heavy (non-hydrogen) atoms. The van der Waals surface area contributed by atoms with Gasteiger partial charge >= 0.3 is 5.97 Å². The molecule has 0 radical (unpaired) electrons. The average molecular weight is 327 g/mol. The molecule has 0 spiro atoms. The van der Waals surface area contributed by atoms with Gasteiger partial charge < -0.3 is 15.2 Å². The molecule has 1 amide bonds. The number of hydrogen-bond acceptors (Lipinski definition) is 3. The van der Waals surface area contributed by atoms with Crippen LogP contribution in [-0.2, 0) is 22.4 Å². The number of rotatable bonds is 7. The number of aliphatic carboxylic acids is 1. The minimum atomic E-state index is -0.935. The molecule has 2 N–H and O–H groups in total. The SMILES string of the molecule is CC(C)Oc1cccc(CC(=O)Nc2ccccc2CC(=O)O)c1. The van der Waals surface area contributed by atoms with Gasteiger partial charge in [0, 0.05) is 5.69 Å². The number of para-hydroxylation sites is 1. The number of carbonyl (C=O) groups is 2. The molecular formula is C19H21NO4. The van der Waals surface area contributed by atoms with Crippen molar-refractivity contribution in [2.24, 2.45) is 0 Å². The van der Waals surface area contributed by atoms with Gasteiger partial charge in [-0.25, -0.2) is 0 Å². The van der Waals surface area contributed by atoms with Crippen molar-refractivity contribution in [2.45, 2.75) is 32.8 Å². The summed E-state index contributed by atoms with van der Waals surface area (Å²) in [6.45, 7) is 3.89. The highest BCUT2D eigenvalue weighted by Gasteiger charge is 2.10. The fourth-order valence-corrected chi connectivity index (χ4v) is 2.34. The number of carboxylic acids is 1. The second-order valence-electron chi connectivity index (χ2n) is 5.77. The zero-order valence-corrected chi connectivity index (χ0v) is 13.8. The smallest absolute Gasteiger partial charge is 0.307 e. The molecule has 0 fully saturated rings. The Bertz CT molecular complexity index is 725. The predicted molar refractivity (Wildman–Crippen MR) is 92.3 cm³/mol. The topological polar surface area (TPSA) is 75.6 Å². The zero-order chi connectivity index (χ0) is 17.5. The summed E-state index contributed by atoms with van der Waals surface area (Å²) < 4.78 is 5.62. The molecule has 5 nitrogen and oxygen atoms in total. The largest absolute Gasteiger partial charge is 0.491 e. The van der Waals surface area contributed by atoms with Gasteiger partial charge in [-0.1, -0.05) is 30.3 Å². The number of amides is 1. The Morgan fingerprint density at radius 1 is 1.08 bits per heavy atom. The van der Waals surface area contributed by atoms with Gasteiger partial charge in [0.15, 0.2) is 0 Å². The normalized spacial score (nSPS) is 10.5. The lowest BCUT2D eigenvalue weighted by molar-refractivity contribution is -0.136. The van der Waals surface area contributed by atoms with E-state index in [0.29, 0.717) is 11.3 Å². The average Bonchev–Trinajstić information content (AvgIpc) is 2.48. The summed E-state index contributed by atoms with van der Waals surface area (Å²) in [6, 6.07) is 14.3. The molecule has 2 aromatic carbocycles. The van der Waals surface area contributed by atoms with Crippen LogP contribution in [0.2, 0.25) is 0 Å². The lowest BCUT2D eigenvalue weighted by Gasteiger charge is -2.12. The number of nitrogens with one attached hydrogen (secondary N) is 1. The Morgan fingerprint density at radius 2 is 1.83 bits per heavy atom. The predicted octanol–water partition coefficient (Wildman–Crippen LogP) is 3.28. The molecule has 0 atom stereocenters. The summed E-state index contributed by atoms with van der Waals surface area (Å²) in [6.07, 6.45) is 0.127. The molecule has 0 heterocycles. The molecule has 2 rings (SSSR count). The molecule has 0 aromatic heterocycles. The third-order valence-corrected chi connectivity index (χ3v) is 3.27. The maximum absolute atomic E-state index is 12.3. The van der Waals surface area contributed by atoms with Gasteiger partial charge in [-0.3, -0.25) is 9.59 Å². The molecule has 0 saturated carbocycles. The number of benzene rings is 2. The molecule has 0 aliphatic carbocycles. The Kier molecular flexibility index (Phi) is 5.95. The van der Waals surface area contributed by atoms with E-state index in [-0.39, 0.29) is 24.9 Å². The number of hydrogen-bond donors (Lipinski definition) is 2. The third kappa shape index (κ3) is 5.43. The van der Waals surface area contributed by atoms with Crippen LogP contribution in [0, 0.1) is 0 Å². The molecular weight excluding hydrogens is 306 g/mol. The standard InChI is InChI=1S/C19H21NO4/c1-13(2)24-16-8-5-6-14(10-16)11-18(21)20-17-9-4-3-7-15(17)12-19(22)23/h3-10,13H,11-12H2,1-2H3,(H,20,21)(H,22,23). The van der Waals surface area contributed by atoms with E-state index in [1.54, 1.807) is 24.3 Å². The maximum Gasteiger partial charge on any atom is 0.307 e. The number of ether oxygens (including phenoxy) is 1. The van der Waals surface area contributed by atoms with Crippen LogP contribution in [0.3, 0.4) is 0 Å². The second-order valence-corrected chi connectivity index (χ2v) is 5.77. The van der Waals surface area contributed by atoms with Crippen molar-refractivity contribution in [1.29, 1.82) is 0 Å². The van der Waals surface area contributed by atoms with Crippen molar-refractivity contribution in [1.82, 2.24) is 0 Å². The monoisotopic (exact) mass is 327 g/mol.